The highest BCUT2D eigenvalue weighted by Gasteiger charge is 2.36. The van der Waals surface area contributed by atoms with Crippen molar-refractivity contribution in [2.75, 3.05) is 17.6 Å². The fourth-order valence-electron chi connectivity index (χ4n) is 2.75. The zero-order valence-electron chi connectivity index (χ0n) is 10.6. The first-order valence-corrected chi connectivity index (χ1v) is 8.30. The lowest BCUT2D eigenvalue weighted by molar-refractivity contribution is 0.359. The zero-order chi connectivity index (χ0) is 13.3. The van der Waals surface area contributed by atoms with E-state index >= 15 is 0 Å². The van der Waals surface area contributed by atoms with E-state index in [0.29, 0.717) is 15.5 Å². The molecule has 1 aliphatic heterocycles. The number of nitrogens with one attached hydrogen (secondary N) is 1. The van der Waals surface area contributed by atoms with E-state index in [1.54, 1.807) is 6.07 Å². The molecule has 1 fully saturated rings. The molecule has 5 heteroatoms. The van der Waals surface area contributed by atoms with Crippen molar-refractivity contribution < 1.29 is 0 Å². The Morgan fingerprint density at radius 2 is 1.95 bits per heavy atom. The number of amidine groups is 1. The van der Waals surface area contributed by atoms with Gasteiger partial charge in [-0.15, -0.1) is 0 Å². The molecule has 1 aromatic carbocycles. The van der Waals surface area contributed by atoms with Gasteiger partial charge in [-0.1, -0.05) is 47.8 Å². The minimum atomic E-state index is 0.480. The third kappa shape index (κ3) is 3.04. The lowest BCUT2D eigenvalue weighted by Crippen LogP contribution is -2.30. The van der Waals surface area contributed by atoms with E-state index in [-0.39, 0.29) is 0 Å². The van der Waals surface area contributed by atoms with Gasteiger partial charge >= 0.3 is 0 Å². The second-order valence-electron chi connectivity index (χ2n) is 5.37. The van der Waals surface area contributed by atoms with Crippen molar-refractivity contribution in [1.82, 2.24) is 0 Å². The number of aliphatic imine (C=N–C) groups is 1. The molecule has 1 N–H and O–H groups in total. The minimum absolute atomic E-state index is 0.480. The van der Waals surface area contributed by atoms with Crippen molar-refractivity contribution in [3.8, 4) is 0 Å². The van der Waals surface area contributed by atoms with E-state index in [9.17, 15) is 0 Å². The summed E-state index contributed by atoms with van der Waals surface area (Å²) in [6.07, 6.45) is 5.41. The summed E-state index contributed by atoms with van der Waals surface area (Å²) in [6, 6.07) is 5.57. The number of thioether (sulfide) groups is 1. The second-order valence-corrected chi connectivity index (χ2v) is 7.15. The van der Waals surface area contributed by atoms with Crippen LogP contribution in [-0.4, -0.2) is 17.5 Å². The molecule has 102 valence electrons. The largest absolute Gasteiger partial charge is 0.335 e. The predicted octanol–water partition coefficient (Wildman–Crippen LogP) is 5.07. The Kier molecular flexibility index (Phi) is 3.97. The standard InChI is InChI=1S/C14H16Cl2N2S/c15-11-4-3-10(7-12(11)16)18-13-17-8-14(9-19-13)5-1-2-6-14/h3-4,7H,1-2,5-6,8-9H2,(H,17,18). The van der Waals surface area contributed by atoms with Gasteiger partial charge in [0.2, 0.25) is 0 Å². The summed E-state index contributed by atoms with van der Waals surface area (Å²) in [5.41, 5.74) is 1.43. The van der Waals surface area contributed by atoms with Crippen LogP contribution in [0.3, 0.4) is 0 Å². The van der Waals surface area contributed by atoms with Gasteiger partial charge in [-0.2, -0.15) is 0 Å². The van der Waals surface area contributed by atoms with Crippen LogP contribution < -0.4 is 5.32 Å². The highest BCUT2D eigenvalue weighted by Crippen LogP contribution is 2.43. The normalized spacial score (nSPS) is 21.5. The van der Waals surface area contributed by atoms with Crippen LogP contribution in [0, 0.1) is 5.41 Å². The molecular weight excluding hydrogens is 299 g/mol. The molecule has 1 heterocycles. The Labute approximate surface area is 128 Å². The number of hydrogen-bond donors (Lipinski definition) is 1. The molecule has 1 aliphatic carbocycles. The Bertz CT molecular complexity index is 510. The average molecular weight is 315 g/mol. The Balaban J connectivity index is 1.67. The Hall–Kier alpha value is -0.380. The summed E-state index contributed by atoms with van der Waals surface area (Å²) in [6.45, 7) is 0.962. The summed E-state index contributed by atoms with van der Waals surface area (Å²) < 4.78 is 0. The van der Waals surface area contributed by atoms with Crippen LogP contribution in [0.2, 0.25) is 10.0 Å². The van der Waals surface area contributed by atoms with Crippen LogP contribution in [0.15, 0.2) is 23.2 Å². The van der Waals surface area contributed by atoms with E-state index in [1.807, 2.05) is 23.9 Å². The van der Waals surface area contributed by atoms with Crippen molar-refractivity contribution in [2.24, 2.45) is 10.4 Å². The molecule has 0 atom stereocenters. The molecule has 1 spiro atoms. The zero-order valence-corrected chi connectivity index (χ0v) is 12.9. The molecule has 0 radical (unpaired) electrons. The third-order valence-corrected chi connectivity index (χ3v) is 5.91. The van der Waals surface area contributed by atoms with Crippen molar-refractivity contribution in [3.63, 3.8) is 0 Å². The number of anilines is 1. The molecule has 3 rings (SSSR count). The van der Waals surface area contributed by atoms with E-state index in [4.69, 9.17) is 28.2 Å². The fraction of sp³-hybridized carbons (Fsp3) is 0.500. The lowest BCUT2D eigenvalue weighted by atomic mass is 9.89. The topological polar surface area (TPSA) is 24.4 Å². The summed E-state index contributed by atoms with van der Waals surface area (Å²) in [5.74, 6) is 1.18. The average Bonchev–Trinajstić information content (AvgIpc) is 2.86. The van der Waals surface area contributed by atoms with Crippen molar-refractivity contribution in [3.05, 3.63) is 28.2 Å². The summed E-state index contributed by atoms with van der Waals surface area (Å²) in [7, 11) is 0. The van der Waals surface area contributed by atoms with Crippen LogP contribution in [0.25, 0.3) is 0 Å². The maximum Gasteiger partial charge on any atom is 0.161 e. The van der Waals surface area contributed by atoms with Crippen LogP contribution in [0.5, 0.6) is 0 Å². The highest BCUT2D eigenvalue weighted by molar-refractivity contribution is 8.14. The van der Waals surface area contributed by atoms with Crippen molar-refractivity contribution in [1.29, 1.82) is 0 Å². The van der Waals surface area contributed by atoms with Gasteiger partial charge in [0.1, 0.15) is 0 Å². The quantitative estimate of drug-likeness (QED) is 0.782. The van der Waals surface area contributed by atoms with Gasteiger partial charge in [-0.25, -0.2) is 0 Å². The summed E-state index contributed by atoms with van der Waals surface area (Å²) in [4.78, 5) is 4.70. The third-order valence-electron chi connectivity index (χ3n) is 3.91. The number of nitrogens with zero attached hydrogens (tertiary/aromatic N) is 1. The molecular formula is C14H16Cl2N2S. The first-order chi connectivity index (χ1) is 9.17. The molecule has 0 saturated heterocycles. The molecule has 0 aromatic heterocycles. The van der Waals surface area contributed by atoms with Crippen LogP contribution in [0.4, 0.5) is 5.69 Å². The summed E-state index contributed by atoms with van der Waals surface area (Å²) >= 11 is 13.7. The SMILES string of the molecule is Clc1ccc(NC2=NCC3(CCCC3)CS2)cc1Cl. The number of hydrogen-bond acceptors (Lipinski definition) is 3. The monoisotopic (exact) mass is 314 g/mol. The first-order valence-electron chi connectivity index (χ1n) is 6.56. The lowest BCUT2D eigenvalue weighted by Gasteiger charge is -2.31. The molecule has 2 nitrogen and oxygen atoms in total. The van der Waals surface area contributed by atoms with E-state index in [0.717, 1.165) is 17.4 Å². The Morgan fingerprint density at radius 3 is 2.58 bits per heavy atom. The van der Waals surface area contributed by atoms with Crippen LogP contribution in [-0.2, 0) is 0 Å². The maximum absolute atomic E-state index is 6.01. The molecule has 0 unspecified atom stereocenters. The number of rotatable bonds is 1. The van der Waals surface area contributed by atoms with E-state index < -0.39 is 0 Å². The van der Waals surface area contributed by atoms with Gasteiger partial charge in [0, 0.05) is 18.0 Å². The molecule has 0 amide bonds. The van der Waals surface area contributed by atoms with Gasteiger partial charge in [-0.3, -0.25) is 4.99 Å². The van der Waals surface area contributed by atoms with Gasteiger partial charge in [0.05, 0.1) is 10.0 Å². The molecule has 1 aromatic rings. The summed E-state index contributed by atoms with van der Waals surface area (Å²) in [5, 5.41) is 5.47. The molecule has 0 bridgehead atoms. The van der Waals surface area contributed by atoms with Crippen LogP contribution >= 0.6 is 35.0 Å². The van der Waals surface area contributed by atoms with Crippen molar-refractivity contribution in [2.45, 2.75) is 25.7 Å². The second kappa shape index (κ2) is 5.55. The number of benzene rings is 1. The van der Waals surface area contributed by atoms with Gasteiger partial charge < -0.3 is 5.32 Å². The number of halogens is 2. The van der Waals surface area contributed by atoms with Gasteiger partial charge in [0.25, 0.3) is 0 Å². The fourth-order valence-corrected chi connectivity index (χ4v) is 4.22. The highest BCUT2D eigenvalue weighted by atomic mass is 35.5. The maximum atomic E-state index is 6.01. The van der Waals surface area contributed by atoms with E-state index in [1.165, 1.54) is 31.4 Å². The first kappa shape index (κ1) is 13.6. The molecule has 19 heavy (non-hydrogen) atoms. The minimum Gasteiger partial charge on any atom is -0.335 e. The molecule has 1 saturated carbocycles. The predicted molar refractivity (Wildman–Crippen MR) is 85.7 cm³/mol. The van der Waals surface area contributed by atoms with Crippen molar-refractivity contribution >= 4 is 45.8 Å². The van der Waals surface area contributed by atoms with E-state index in [2.05, 4.69) is 5.32 Å². The Morgan fingerprint density at radius 1 is 1.16 bits per heavy atom. The smallest absolute Gasteiger partial charge is 0.161 e. The van der Waals surface area contributed by atoms with Gasteiger partial charge in [-0.05, 0) is 36.5 Å². The van der Waals surface area contributed by atoms with Gasteiger partial charge in [0.15, 0.2) is 5.17 Å². The van der Waals surface area contributed by atoms with Crippen LogP contribution in [0.1, 0.15) is 25.7 Å². The molecule has 2 aliphatic rings.